The van der Waals surface area contributed by atoms with Crippen LogP contribution in [-0.2, 0) is 11.3 Å². The summed E-state index contributed by atoms with van der Waals surface area (Å²) in [4.78, 5) is 39.9. The highest BCUT2D eigenvalue weighted by Gasteiger charge is 2.28. The van der Waals surface area contributed by atoms with Gasteiger partial charge in [-0.05, 0) is 56.5 Å². The van der Waals surface area contributed by atoms with Gasteiger partial charge in [0.15, 0.2) is 5.78 Å². The Hall–Kier alpha value is -2.96. The van der Waals surface area contributed by atoms with Crippen LogP contribution in [0.4, 0.5) is 4.39 Å². The fraction of sp³-hybridized carbons (Fsp3) is 0.435. The second-order valence-corrected chi connectivity index (χ2v) is 7.68. The molecule has 7 heteroatoms. The van der Waals surface area contributed by atoms with Gasteiger partial charge in [0, 0.05) is 29.9 Å². The molecule has 0 unspecified atom stereocenters. The molecule has 6 nitrogen and oxygen atoms in total. The molecule has 162 valence electrons. The van der Waals surface area contributed by atoms with Crippen LogP contribution in [0.3, 0.4) is 0 Å². The number of nitrogens with zero attached hydrogens (tertiary/aromatic N) is 2. The predicted molar refractivity (Wildman–Crippen MR) is 112 cm³/mol. The number of aromatic nitrogens is 1. The van der Waals surface area contributed by atoms with Gasteiger partial charge in [0.2, 0.25) is 0 Å². The number of halogens is 1. The first-order valence-electron chi connectivity index (χ1n) is 9.98. The lowest BCUT2D eigenvalue weighted by atomic mass is 10.0. The molecule has 30 heavy (non-hydrogen) atoms. The number of hydrogen-bond donors (Lipinski definition) is 0. The standard InChI is InChI=1S/C23H29FN2O4/c1-7-26-16(5)20(15(4)21(26)23(29)30-6)19(27)13-25(12-14(2)3)22(28)17-8-10-18(24)11-9-17/h8-11,14H,7,12-13H2,1-6H3. The van der Waals surface area contributed by atoms with Crippen LogP contribution in [0.15, 0.2) is 24.3 Å². The Morgan fingerprint density at radius 2 is 1.73 bits per heavy atom. The monoisotopic (exact) mass is 416 g/mol. The molecule has 1 aromatic carbocycles. The lowest BCUT2D eigenvalue weighted by Gasteiger charge is -2.24. The van der Waals surface area contributed by atoms with Gasteiger partial charge >= 0.3 is 5.97 Å². The molecule has 0 saturated carbocycles. The Kier molecular flexibility index (Phi) is 7.54. The van der Waals surface area contributed by atoms with E-state index in [0.29, 0.717) is 41.2 Å². The van der Waals surface area contributed by atoms with Gasteiger partial charge in [-0.15, -0.1) is 0 Å². The normalized spacial score (nSPS) is 10.9. The minimum absolute atomic E-state index is 0.135. The van der Waals surface area contributed by atoms with Crippen LogP contribution in [0.2, 0.25) is 0 Å². The van der Waals surface area contributed by atoms with Crippen molar-refractivity contribution in [2.24, 2.45) is 5.92 Å². The molecular weight excluding hydrogens is 387 g/mol. The first-order valence-corrected chi connectivity index (χ1v) is 9.98. The van der Waals surface area contributed by atoms with Crippen LogP contribution in [0, 0.1) is 25.6 Å². The number of esters is 1. The van der Waals surface area contributed by atoms with Crippen molar-refractivity contribution in [3.8, 4) is 0 Å². The number of carbonyl (C=O) groups excluding carboxylic acids is 3. The number of amides is 1. The Morgan fingerprint density at radius 1 is 1.13 bits per heavy atom. The van der Waals surface area contributed by atoms with Crippen LogP contribution in [0.1, 0.15) is 63.2 Å². The molecule has 1 amide bonds. The first-order chi connectivity index (χ1) is 14.1. The lowest BCUT2D eigenvalue weighted by molar-refractivity contribution is 0.0587. The molecule has 0 radical (unpaired) electrons. The molecule has 1 aromatic heterocycles. The van der Waals surface area contributed by atoms with E-state index in [1.165, 1.54) is 36.3 Å². The minimum Gasteiger partial charge on any atom is -0.464 e. The molecular formula is C23H29FN2O4. The molecule has 0 fully saturated rings. The van der Waals surface area contributed by atoms with Crippen molar-refractivity contribution in [1.29, 1.82) is 0 Å². The van der Waals surface area contributed by atoms with Crippen molar-refractivity contribution < 1.29 is 23.5 Å². The van der Waals surface area contributed by atoms with Gasteiger partial charge in [0.05, 0.1) is 13.7 Å². The van der Waals surface area contributed by atoms with E-state index in [-0.39, 0.29) is 24.2 Å². The largest absolute Gasteiger partial charge is 0.464 e. The molecule has 1 heterocycles. The van der Waals surface area contributed by atoms with Gasteiger partial charge in [0.25, 0.3) is 5.91 Å². The summed E-state index contributed by atoms with van der Waals surface area (Å²) in [6, 6.07) is 5.27. The van der Waals surface area contributed by atoms with Crippen LogP contribution in [0.5, 0.6) is 0 Å². The number of methoxy groups -OCH3 is 1. The molecule has 0 saturated heterocycles. The summed E-state index contributed by atoms with van der Waals surface area (Å²) >= 11 is 0. The molecule has 2 aromatic rings. The highest BCUT2D eigenvalue weighted by atomic mass is 19.1. The maximum Gasteiger partial charge on any atom is 0.354 e. The van der Waals surface area contributed by atoms with E-state index >= 15 is 0 Å². The number of benzene rings is 1. The quantitative estimate of drug-likeness (QED) is 0.481. The summed E-state index contributed by atoms with van der Waals surface area (Å²) in [6.45, 7) is 10.0. The van der Waals surface area contributed by atoms with E-state index in [9.17, 15) is 18.8 Å². The number of hydrogen-bond acceptors (Lipinski definition) is 4. The van der Waals surface area contributed by atoms with Crippen molar-refractivity contribution >= 4 is 17.7 Å². The topological polar surface area (TPSA) is 68.6 Å². The van der Waals surface area contributed by atoms with E-state index < -0.39 is 11.8 Å². The van der Waals surface area contributed by atoms with E-state index in [1.807, 2.05) is 20.8 Å². The number of ether oxygens (including phenoxy) is 1. The smallest absolute Gasteiger partial charge is 0.354 e. The number of Topliss-reactive ketones (excluding diaryl/α,β-unsaturated/α-hetero) is 1. The lowest BCUT2D eigenvalue weighted by Crippen LogP contribution is -2.38. The fourth-order valence-electron chi connectivity index (χ4n) is 3.75. The SMILES string of the molecule is CCn1c(C)c(C(=O)CN(CC(C)C)C(=O)c2ccc(F)cc2)c(C)c1C(=O)OC. The zero-order valence-electron chi connectivity index (χ0n) is 18.4. The van der Waals surface area contributed by atoms with Crippen molar-refractivity contribution in [3.63, 3.8) is 0 Å². The number of carbonyl (C=O) groups is 3. The highest BCUT2D eigenvalue weighted by Crippen LogP contribution is 2.24. The molecule has 0 N–H and O–H groups in total. The van der Waals surface area contributed by atoms with Gasteiger partial charge in [-0.3, -0.25) is 9.59 Å². The van der Waals surface area contributed by atoms with E-state index in [2.05, 4.69) is 0 Å². The van der Waals surface area contributed by atoms with Gasteiger partial charge < -0.3 is 14.2 Å². The zero-order valence-corrected chi connectivity index (χ0v) is 18.4. The summed E-state index contributed by atoms with van der Waals surface area (Å²) < 4.78 is 19.9. The maximum atomic E-state index is 13.2. The third kappa shape index (κ3) is 4.78. The Labute approximate surface area is 176 Å². The fourth-order valence-corrected chi connectivity index (χ4v) is 3.75. The third-order valence-corrected chi connectivity index (χ3v) is 5.04. The van der Waals surface area contributed by atoms with Crippen LogP contribution in [-0.4, -0.2) is 47.3 Å². The van der Waals surface area contributed by atoms with Crippen molar-refractivity contribution in [2.75, 3.05) is 20.2 Å². The van der Waals surface area contributed by atoms with Crippen LogP contribution >= 0.6 is 0 Å². The summed E-state index contributed by atoms with van der Waals surface area (Å²) in [6.07, 6.45) is 0. The number of ketones is 1. The van der Waals surface area contributed by atoms with E-state index in [4.69, 9.17) is 4.74 Å². The molecule has 0 aliphatic rings. The summed E-state index contributed by atoms with van der Waals surface area (Å²) in [5.41, 5.74) is 2.31. The minimum atomic E-state index is -0.502. The molecule has 0 atom stereocenters. The average Bonchev–Trinajstić information content (AvgIpc) is 2.96. The van der Waals surface area contributed by atoms with Crippen molar-refractivity contribution in [3.05, 3.63) is 58.2 Å². The predicted octanol–water partition coefficient (Wildman–Crippen LogP) is 4.03. The Bertz CT molecular complexity index is 945. The van der Waals surface area contributed by atoms with Gasteiger partial charge in [-0.2, -0.15) is 0 Å². The van der Waals surface area contributed by atoms with Crippen molar-refractivity contribution in [2.45, 2.75) is 41.2 Å². The second-order valence-electron chi connectivity index (χ2n) is 7.68. The average molecular weight is 416 g/mol. The summed E-state index contributed by atoms with van der Waals surface area (Å²) in [7, 11) is 1.30. The molecule has 0 bridgehead atoms. The molecule has 0 aliphatic carbocycles. The van der Waals surface area contributed by atoms with Gasteiger partial charge in [0.1, 0.15) is 11.5 Å². The first kappa shape index (κ1) is 23.3. The number of rotatable bonds is 8. The Balaban J connectivity index is 2.41. The molecule has 0 spiro atoms. The zero-order chi connectivity index (χ0) is 22.6. The van der Waals surface area contributed by atoms with Crippen molar-refractivity contribution in [1.82, 2.24) is 9.47 Å². The summed E-state index contributed by atoms with van der Waals surface area (Å²) in [5.74, 6) is -1.39. The highest BCUT2D eigenvalue weighted by molar-refractivity contribution is 6.06. The van der Waals surface area contributed by atoms with Gasteiger partial charge in [-0.1, -0.05) is 13.8 Å². The van der Waals surface area contributed by atoms with Crippen LogP contribution < -0.4 is 0 Å². The molecule has 2 rings (SSSR count). The van der Waals surface area contributed by atoms with E-state index in [1.54, 1.807) is 18.4 Å². The second kappa shape index (κ2) is 9.69. The maximum absolute atomic E-state index is 13.2. The van der Waals surface area contributed by atoms with Crippen LogP contribution in [0.25, 0.3) is 0 Å². The van der Waals surface area contributed by atoms with Gasteiger partial charge in [-0.25, -0.2) is 9.18 Å². The van der Waals surface area contributed by atoms with E-state index in [0.717, 1.165) is 0 Å². The molecule has 0 aliphatic heterocycles. The Morgan fingerprint density at radius 3 is 2.23 bits per heavy atom. The summed E-state index contributed by atoms with van der Waals surface area (Å²) in [5, 5.41) is 0. The third-order valence-electron chi connectivity index (χ3n) is 5.04.